The van der Waals surface area contributed by atoms with Crippen LogP contribution in [0.3, 0.4) is 0 Å². The van der Waals surface area contributed by atoms with Crippen LogP contribution in [0.2, 0.25) is 5.02 Å². The highest BCUT2D eigenvalue weighted by Gasteiger charge is 2.09. The molecule has 1 atom stereocenters. The zero-order chi connectivity index (χ0) is 17.4. The molecule has 0 fully saturated rings. The summed E-state index contributed by atoms with van der Waals surface area (Å²) < 4.78 is 10.4. The van der Waals surface area contributed by atoms with Crippen molar-refractivity contribution in [2.24, 2.45) is 4.99 Å². The Labute approximate surface area is 146 Å². The molecule has 1 unspecified atom stereocenters. The van der Waals surface area contributed by atoms with Crippen LogP contribution in [-0.4, -0.2) is 49.5 Å². The Kier molecular flexibility index (Phi) is 7.02. The van der Waals surface area contributed by atoms with E-state index in [2.05, 4.69) is 25.8 Å². The van der Waals surface area contributed by atoms with E-state index in [1.165, 1.54) is 0 Å². The lowest BCUT2D eigenvalue weighted by Crippen LogP contribution is -2.44. The third-order valence-corrected chi connectivity index (χ3v) is 3.48. The van der Waals surface area contributed by atoms with Crippen LogP contribution >= 0.6 is 11.6 Å². The maximum atomic E-state index is 5.87. The van der Waals surface area contributed by atoms with E-state index in [9.17, 15) is 0 Å². The van der Waals surface area contributed by atoms with Gasteiger partial charge in [-0.1, -0.05) is 16.8 Å². The molecule has 1 aromatic carbocycles. The van der Waals surface area contributed by atoms with Gasteiger partial charge in [0.1, 0.15) is 0 Å². The number of nitrogens with zero attached hydrogens (tertiary/aromatic N) is 3. The summed E-state index contributed by atoms with van der Waals surface area (Å²) in [4.78, 5) is 8.54. The van der Waals surface area contributed by atoms with E-state index in [0.717, 1.165) is 5.56 Å². The van der Waals surface area contributed by atoms with Gasteiger partial charge in [-0.25, -0.2) is 0 Å². The normalized spacial score (nSPS) is 12.9. The second kappa shape index (κ2) is 9.24. The van der Waals surface area contributed by atoms with Gasteiger partial charge in [0.15, 0.2) is 5.96 Å². The zero-order valence-electron chi connectivity index (χ0n) is 14.0. The average Bonchev–Trinajstić information content (AvgIpc) is 3.03. The fraction of sp³-hybridized carbons (Fsp3) is 0.438. The maximum Gasteiger partial charge on any atom is 0.228 e. The third kappa shape index (κ3) is 5.50. The van der Waals surface area contributed by atoms with Crippen molar-refractivity contribution in [3.05, 3.63) is 35.2 Å². The molecule has 8 heteroatoms. The first-order valence-corrected chi connectivity index (χ1v) is 8.04. The fourth-order valence-electron chi connectivity index (χ4n) is 2.08. The van der Waals surface area contributed by atoms with Gasteiger partial charge in [-0.2, -0.15) is 4.98 Å². The summed E-state index contributed by atoms with van der Waals surface area (Å²) >= 11 is 5.87. The number of hydrogen-bond acceptors (Lipinski definition) is 5. The van der Waals surface area contributed by atoms with E-state index < -0.39 is 0 Å². The molecule has 0 saturated heterocycles. The number of rotatable bonds is 7. The molecule has 0 aliphatic carbocycles. The quantitative estimate of drug-likeness (QED) is 0.587. The van der Waals surface area contributed by atoms with Crippen molar-refractivity contribution in [3.8, 4) is 11.4 Å². The van der Waals surface area contributed by atoms with Gasteiger partial charge in [0.2, 0.25) is 11.7 Å². The highest BCUT2D eigenvalue weighted by Crippen LogP contribution is 2.18. The van der Waals surface area contributed by atoms with Crippen molar-refractivity contribution in [1.29, 1.82) is 0 Å². The summed E-state index contributed by atoms with van der Waals surface area (Å²) in [5, 5.41) is 11.1. The molecule has 0 radical (unpaired) electrons. The lowest BCUT2D eigenvalue weighted by Gasteiger charge is -2.16. The number of hydrogen-bond donors (Lipinski definition) is 2. The highest BCUT2D eigenvalue weighted by atomic mass is 35.5. The topological polar surface area (TPSA) is 84.6 Å². The Morgan fingerprint density at radius 1 is 1.38 bits per heavy atom. The molecule has 0 bridgehead atoms. The van der Waals surface area contributed by atoms with Gasteiger partial charge < -0.3 is 19.9 Å². The number of benzene rings is 1. The summed E-state index contributed by atoms with van der Waals surface area (Å²) in [6.07, 6.45) is 0.597. The molecule has 130 valence electrons. The lowest BCUT2D eigenvalue weighted by atomic mass is 10.2. The average molecular weight is 352 g/mol. The molecule has 2 aromatic rings. The molecule has 0 amide bonds. The number of aromatic nitrogens is 2. The SMILES string of the molecule is CN=C(NCCc1nc(-c2ccc(Cl)cc2)no1)NC(C)COC. The minimum atomic E-state index is 0.168. The van der Waals surface area contributed by atoms with E-state index in [-0.39, 0.29) is 6.04 Å². The Morgan fingerprint density at radius 2 is 2.12 bits per heavy atom. The summed E-state index contributed by atoms with van der Waals surface area (Å²) in [5.74, 6) is 1.82. The van der Waals surface area contributed by atoms with Crippen LogP contribution in [0, 0.1) is 0 Å². The fourth-order valence-corrected chi connectivity index (χ4v) is 2.21. The molecule has 2 N–H and O–H groups in total. The van der Waals surface area contributed by atoms with Crippen LogP contribution in [0.25, 0.3) is 11.4 Å². The summed E-state index contributed by atoms with van der Waals surface area (Å²) in [6, 6.07) is 7.48. The van der Waals surface area contributed by atoms with Gasteiger partial charge in [-0.3, -0.25) is 4.99 Å². The van der Waals surface area contributed by atoms with Crippen molar-refractivity contribution in [2.75, 3.05) is 27.3 Å². The number of methoxy groups -OCH3 is 1. The van der Waals surface area contributed by atoms with Crippen molar-refractivity contribution in [3.63, 3.8) is 0 Å². The van der Waals surface area contributed by atoms with Gasteiger partial charge >= 0.3 is 0 Å². The van der Waals surface area contributed by atoms with Gasteiger partial charge in [0, 0.05) is 43.8 Å². The van der Waals surface area contributed by atoms with E-state index >= 15 is 0 Å². The summed E-state index contributed by atoms with van der Waals surface area (Å²) in [6.45, 7) is 3.25. The number of aliphatic imine (C=N–C) groups is 1. The van der Waals surface area contributed by atoms with E-state index in [4.69, 9.17) is 20.9 Å². The van der Waals surface area contributed by atoms with E-state index in [0.29, 0.717) is 42.3 Å². The highest BCUT2D eigenvalue weighted by molar-refractivity contribution is 6.30. The van der Waals surface area contributed by atoms with Crippen molar-refractivity contribution in [2.45, 2.75) is 19.4 Å². The first-order chi connectivity index (χ1) is 11.6. The second-order valence-corrected chi connectivity index (χ2v) is 5.70. The number of halogens is 1. The Balaban J connectivity index is 1.83. The van der Waals surface area contributed by atoms with Crippen LogP contribution < -0.4 is 10.6 Å². The van der Waals surface area contributed by atoms with Crippen LogP contribution in [0.1, 0.15) is 12.8 Å². The largest absolute Gasteiger partial charge is 0.383 e. The first-order valence-electron chi connectivity index (χ1n) is 7.67. The second-order valence-electron chi connectivity index (χ2n) is 5.27. The third-order valence-electron chi connectivity index (χ3n) is 3.23. The Morgan fingerprint density at radius 3 is 2.79 bits per heavy atom. The lowest BCUT2D eigenvalue weighted by molar-refractivity contribution is 0.179. The predicted octanol–water partition coefficient (Wildman–Crippen LogP) is 2.13. The minimum Gasteiger partial charge on any atom is -0.383 e. The standard InChI is InChI=1S/C16H22ClN5O2/c1-11(10-23-3)20-16(18-2)19-9-8-14-21-15(22-24-14)12-4-6-13(17)7-5-12/h4-7,11H,8-10H2,1-3H3,(H2,18,19,20). The molecule has 0 aliphatic rings. The summed E-state index contributed by atoms with van der Waals surface area (Å²) in [5.41, 5.74) is 0.869. The van der Waals surface area contributed by atoms with Crippen molar-refractivity contribution in [1.82, 2.24) is 20.8 Å². The molecule has 0 saturated carbocycles. The predicted molar refractivity (Wildman–Crippen MR) is 94.3 cm³/mol. The van der Waals surface area contributed by atoms with Gasteiger partial charge in [-0.05, 0) is 31.2 Å². The molecule has 0 aliphatic heterocycles. The molecule has 0 spiro atoms. The zero-order valence-corrected chi connectivity index (χ0v) is 14.8. The van der Waals surface area contributed by atoms with E-state index in [1.807, 2.05) is 19.1 Å². The van der Waals surface area contributed by atoms with Crippen LogP contribution in [0.4, 0.5) is 0 Å². The maximum absolute atomic E-state index is 5.87. The van der Waals surface area contributed by atoms with Crippen molar-refractivity contribution < 1.29 is 9.26 Å². The van der Waals surface area contributed by atoms with Crippen LogP contribution in [-0.2, 0) is 11.2 Å². The number of ether oxygens (including phenoxy) is 1. The number of nitrogens with one attached hydrogen (secondary N) is 2. The summed E-state index contributed by atoms with van der Waals surface area (Å²) in [7, 11) is 3.39. The van der Waals surface area contributed by atoms with Crippen LogP contribution in [0.5, 0.6) is 0 Å². The molecule has 7 nitrogen and oxygen atoms in total. The van der Waals surface area contributed by atoms with Crippen LogP contribution in [0.15, 0.2) is 33.8 Å². The smallest absolute Gasteiger partial charge is 0.228 e. The molecular weight excluding hydrogens is 330 g/mol. The van der Waals surface area contributed by atoms with Gasteiger partial charge in [0.25, 0.3) is 0 Å². The molecule has 1 heterocycles. The molecule has 1 aromatic heterocycles. The molecule has 24 heavy (non-hydrogen) atoms. The van der Waals surface area contributed by atoms with Gasteiger partial charge in [-0.15, -0.1) is 0 Å². The Bertz CT molecular complexity index is 657. The van der Waals surface area contributed by atoms with E-state index in [1.54, 1.807) is 26.3 Å². The monoisotopic (exact) mass is 351 g/mol. The number of guanidine groups is 1. The Hall–Kier alpha value is -2.12. The minimum absolute atomic E-state index is 0.168. The van der Waals surface area contributed by atoms with Gasteiger partial charge in [0.05, 0.1) is 6.61 Å². The first kappa shape index (κ1) is 18.2. The molecule has 2 rings (SSSR count). The van der Waals surface area contributed by atoms with Crippen molar-refractivity contribution >= 4 is 17.6 Å². The molecular formula is C16H22ClN5O2.